The molecular formula is C49H35N. The molecular weight excluding hydrogens is 603 g/mol. The topological polar surface area (TPSA) is 23.8 Å². The third kappa shape index (κ3) is 6.61. The van der Waals surface area contributed by atoms with E-state index >= 15 is 0 Å². The second kappa shape index (κ2) is 13.9. The maximum atomic E-state index is 9.97. The molecule has 1 aliphatic rings. The quantitative estimate of drug-likeness (QED) is 0.171. The molecule has 50 heavy (non-hydrogen) atoms. The van der Waals surface area contributed by atoms with Gasteiger partial charge in [0.25, 0.3) is 0 Å². The lowest BCUT2D eigenvalue weighted by Gasteiger charge is -2.12. The van der Waals surface area contributed by atoms with Crippen molar-refractivity contribution in [2.45, 2.75) is 12.8 Å². The lowest BCUT2D eigenvalue weighted by atomic mass is 9.92. The summed E-state index contributed by atoms with van der Waals surface area (Å²) in [6, 6.07) is 62.7. The molecule has 0 aliphatic heterocycles. The van der Waals surface area contributed by atoms with Gasteiger partial charge in [-0.1, -0.05) is 158 Å². The van der Waals surface area contributed by atoms with E-state index in [1.165, 1.54) is 39.0 Å². The monoisotopic (exact) mass is 637 g/mol. The minimum absolute atomic E-state index is 0.647. The van der Waals surface area contributed by atoms with E-state index in [1.54, 1.807) is 0 Å². The van der Waals surface area contributed by atoms with Gasteiger partial charge in [0.1, 0.15) is 0 Å². The SMILES string of the molecule is N#Cc1cc(-c2ccc(-c3cccc(-c4ccc(C5=CC=CCC5)cc4)c3)cc2)cc(-c2cccc(-c3ccc(-c4ccccc4)cc3)c2)c1. The van der Waals surface area contributed by atoms with Crippen LogP contribution in [-0.4, -0.2) is 0 Å². The molecule has 1 heteroatoms. The third-order valence-electron chi connectivity index (χ3n) is 9.60. The van der Waals surface area contributed by atoms with Crippen LogP contribution in [0.25, 0.3) is 72.3 Å². The molecule has 0 saturated heterocycles. The molecule has 0 fully saturated rings. The highest BCUT2D eigenvalue weighted by Gasteiger charge is 2.10. The Hall–Kier alpha value is -6.49. The third-order valence-corrected chi connectivity index (χ3v) is 9.60. The Bertz CT molecular complexity index is 2390. The Balaban J connectivity index is 1.04. The van der Waals surface area contributed by atoms with Crippen molar-refractivity contribution in [3.8, 4) is 72.8 Å². The van der Waals surface area contributed by atoms with E-state index in [4.69, 9.17) is 0 Å². The van der Waals surface area contributed by atoms with E-state index in [-0.39, 0.29) is 0 Å². The summed E-state index contributed by atoms with van der Waals surface area (Å²) in [5.41, 5.74) is 17.1. The zero-order valence-corrected chi connectivity index (χ0v) is 27.8. The minimum atomic E-state index is 0.647. The van der Waals surface area contributed by atoms with E-state index < -0.39 is 0 Å². The van der Waals surface area contributed by atoms with Gasteiger partial charge in [-0.2, -0.15) is 5.26 Å². The molecule has 0 unspecified atom stereocenters. The van der Waals surface area contributed by atoms with E-state index in [1.807, 2.05) is 18.2 Å². The van der Waals surface area contributed by atoms with Gasteiger partial charge in [0.2, 0.25) is 0 Å². The number of nitriles is 1. The van der Waals surface area contributed by atoms with Crippen LogP contribution in [-0.2, 0) is 0 Å². The Kier molecular flexibility index (Phi) is 8.59. The van der Waals surface area contributed by atoms with Crippen LogP contribution in [0.1, 0.15) is 24.0 Å². The standard InChI is InChI=1S/C49H35N/c50-34-35-29-48(33-49(30-35)47-16-8-15-46(32-47)41-23-19-39(20-24-41)37-11-5-2-6-12-37)43-27-25-42(26-28-43)45-14-7-13-44(31-45)40-21-17-38(18-22-40)36-9-3-1-4-10-36/h1-3,5-9,11-33H,4,10H2. The molecule has 0 heterocycles. The van der Waals surface area contributed by atoms with Crippen LogP contribution in [0.3, 0.4) is 0 Å². The van der Waals surface area contributed by atoms with Crippen molar-refractivity contribution in [2.75, 3.05) is 0 Å². The molecule has 0 saturated carbocycles. The number of hydrogen-bond acceptors (Lipinski definition) is 1. The number of nitrogens with zero attached hydrogens (tertiary/aromatic N) is 1. The predicted octanol–water partition coefficient (Wildman–Crippen LogP) is 13.3. The normalized spacial score (nSPS) is 12.3. The van der Waals surface area contributed by atoms with Gasteiger partial charge in [-0.05, 0) is 121 Å². The fourth-order valence-corrected chi connectivity index (χ4v) is 6.84. The molecule has 8 rings (SSSR count). The van der Waals surface area contributed by atoms with Gasteiger partial charge < -0.3 is 0 Å². The lowest BCUT2D eigenvalue weighted by molar-refractivity contribution is 1.05. The van der Waals surface area contributed by atoms with E-state index in [0.29, 0.717) is 5.56 Å². The van der Waals surface area contributed by atoms with Crippen LogP contribution in [0.5, 0.6) is 0 Å². The highest BCUT2D eigenvalue weighted by atomic mass is 14.2. The van der Waals surface area contributed by atoms with Gasteiger partial charge in [-0.25, -0.2) is 0 Å². The van der Waals surface area contributed by atoms with Crippen molar-refractivity contribution < 1.29 is 0 Å². The van der Waals surface area contributed by atoms with Crippen molar-refractivity contribution in [1.82, 2.24) is 0 Å². The Morgan fingerprint density at radius 2 is 0.740 bits per heavy atom. The van der Waals surface area contributed by atoms with Gasteiger partial charge in [-0.3, -0.25) is 0 Å². The molecule has 0 N–H and O–H groups in total. The van der Waals surface area contributed by atoms with Crippen molar-refractivity contribution in [1.29, 1.82) is 5.26 Å². The largest absolute Gasteiger partial charge is 0.192 e. The van der Waals surface area contributed by atoms with Gasteiger partial charge in [-0.15, -0.1) is 0 Å². The number of rotatable bonds is 7. The first kappa shape index (κ1) is 30.8. The van der Waals surface area contributed by atoms with Gasteiger partial charge >= 0.3 is 0 Å². The molecule has 7 aromatic rings. The molecule has 1 nitrogen and oxygen atoms in total. The van der Waals surface area contributed by atoms with E-state index in [0.717, 1.165) is 51.8 Å². The predicted molar refractivity (Wildman–Crippen MR) is 210 cm³/mol. The Morgan fingerprint density at radius 3 is 1.22 bits per heavy atom. The fourth-order valence-electron chi connectivity index (χ4n) is 6.84. The highest BCUT2D eigenvalue weighted by molar-refractivity contribution is 5.81. The second-order valence-electron chi connectivity index (χ2n) is 12.8. The molecule has 236 valence electrons. The maximum Gasteiger partial charge on any atom is 0.0992 e. The van der Waals surface area contributed by atoms with E-state index in [9.17, 15) is 5.26 Å². The second-order valence-corrected chi connectivity index (χ2v) is 12.8. The summed E-state index contributed by atoms with van der Waals surface area (Å²) in [5, 5.41) is 9.97. The first-order chi connectivity index (χ1) is 24.7. The molecule has 0 spiro atoms. The zero-order chi connectivity index (χ0) is 33.7. The first-order valence-electron chi connectivity index (χ1n) is 17.2. The van der Waals surface area contributed by atoms with Crippen LogP contribution in [0.15, 0.2) is 188 Å². The molecule has 7 aromatic carbocycles. The van der Waals surface area contributed by atoms with Crippen LogP contribution in [0, 0.1) is 11.3 Å². The summed E-state index contributed by atoms with van der Waals surface area (Å²) in [7, 11) is 0. The molecule has 0 radical (unpaired) electrons. The zero-order valence-electron chi connectivity index (χ0n) is 27.8. The van der Waals surface area contributed by atoms with Crippen LogP contribution >= 0.6 is 0 Å². The Morgan fingerprint density at radius 1 is 0.360 bits per heavy atom. The summed E-state index contributed by atoms with van der Waals surface area (Å²) in [4.78, 5) is 0. The summed E-state index contributed by atoms with van der Waals surface area (Å²) >= 11 is 0. The molecule has 0 amide bonds. The first-order valence-corrected chi connectivity index (χ1v) is 17.2. The van der Waals surface area contributed by atoms with Crippen LogP contribution in [0.2, 0.25) is 0 Å². The number of benzene rings is 7. The van der Waals surface area contributed by atoms with E-state index in [2.05, 4.69) is 176 Å². The molecule has 1 aliphatic carbocycles. The summed E-state index contributed by atoms with van der Waals surface area (Å²) < 4.78 is 0. The summed E-state index contributed by atoms with van der Waals surface area (Å²) in [5.74, 6) is 0. The van der Waals surface area contributed by atoms with Crippen LogP contribution in [0.4, 0.5) is 0 Å². The van der Waals surface area contributed by atoms with Crippen molar-refractivity contribution >= 4 is 5.57 Å². The molecule has 0 bridgehead atoms. The van der Waals surface area contributed by atoms with Crippen LogP contribution < -0.4 is 0 Å². The average molecular weight is 638 g/mol. The molecule has 0 atom stereocenters. The number of hydrogen-bond donors (Lipinski definition) is 0. The van der Waals surface area contributed by atoms with Gasteiger partial charge in [0, 0.05) is 0 Å². The number of allylic oxidation sites excluding steroid dienone is 4. The highest BCUT2D eigenvalue weighted by Crippen LogP contribution is 2.34. The van der Waals surface area contributed by atoms with Crippen molar-refractivity contribution in [2.24, 2.45) is 0 Å². The minimum Gasteiger partial charge on any atom is -0.192 e. The fraction of sp³-hybridized carbons (Fsp3) is 0.0408. The van der Waals surface area contributed by atoms with Crippen molar-refractivity contribution in [3.05, 3.63) is 199 Å². The summed E-state index contributed by atoms with van der Waals surface area (Å²) in [6.45, 7) is 0. The average Bonchev–Trinajstić information content (AvgIpc) is 3.21. The Labute approximate surface area is 294 Å². The molecule has 0 aromatic heterocycles. The maximum absolute atomic E-state index is 9.97. The smallest absolute Gasteiger partial charge is 0.0992 e. The van der Waals surface area contributed by atoms with Gasteiger partial charge in [0.05, 0.1) is 11.6 Å². The lowest BCUT2D eigenvalue weighted by Crippen LogP contribution is -1.88. The van der Waals surface area contributed by atoms with Gasteiger partial charge in [0.15, 0.2) is 0 Å². The van der Waals surface area contributed by atoms with Crippen molar-refractivity contribution in [3.63, 3.8) is 0 Å². The summed E-state index contributed by atoms with van der Waals surface area (Å²) in [6.07, 6.45) is 8.82.